The second-order valence-corrected chi connectivity index (χ2v) is 6.22. The zero-order valence-corrected chi connectivity index (χ0v) is 13.0. The van der Waals surface area contributed by atoms with Crippen LogP contribution < -0.4 is 0 Å². The predicted octanol–water partition coefficient (Wildman–Crippen LogP) is 4.64. The highest BCUT2D eigenvalue weighted by Crippen LogP contribution is 2.23. The van der Waals surface area contributed by atoms with E-state index >= 15 is 0 Å². The number of carbonyl (C=O) groups excluding carboxylic acids is 1. The Labute approximate surface area is 121 Å². The topological polar surface area (TPSA) is 26.3 Å². The molecule has 0 radical (unpaired) electrons. The van der Waals surface area contributed by atoms with E-state index in [1.807, 2.05) is 45.0 Å². The SMILES string of the molecule is CCCC(Cc1ccccc1Cl)C(=O)OC(C)(C)C. The van der Waals surface area contributed by atoms with Crippen LogP contribution in [-0.2, 0) is 16.0 Å². The second kappa shape index (κ2) is 6.95. The molecule has 0 aliphatic carbocycles. The molecule has 1 atom stereocenters. The molecular formula is C16H23ClO2. The standard InChI is InChI=1S/C16H23ClO2/c1-5-8-13(15(18)19-16(2,3)4)11-12-9-6-7-10-14(12)17/h6-7,9-10,13H,5,8,11H2,1-4H3. The number of ether oxygens (including phenoxy) is 1. The summed E-state index contributed by atoms with van der Waals surface area (Å²) in [5.74, 6) is -0.251. The molecule has 1 rings (SSSR count). The predicted molar refractivity (Wildman–Crippen MR) is 79.4 cm³/mol. The Morgan fingerprint density at radius 2 is 1.95 bits per heavy atom. The summed E-state index contributed by atoms with van der Waals surface area (Å²) < 4.78 is 5.48. The van der Waals surface area contributed by atoms with Gasteiger partial charge in [-0.05, 0) is 45.2 Å². The molecule has 2 nitrogen and oxygen atoms in total. The summed E-state index contributed by atoms with van der Waals surface area (Å²) in [5.41, 5.74) is 0.567. The van der Waals surface area contributed by atoms with Gasteiger partial charge in [0.05, 0.1) is 5.92 Å². The summed E-state index contributed by atoms with van der Waals surface area (Å²) in [6, 6.07) is 7.66. The van der Waals surface area contributed by atoms with E-state index in [0.29, 0.717) is 11.4 Å². The third-order valence-electron chi connectivity index (χ3n) is 2.80. The van der Waals surface area contributed by atoms with Crippen LogP contribution in [0, 0.1) is 5.92 Å². The fourth-order valence-corrected chi connectivity index (χ4v) is 2.18. The van der Waals surface area contributed by atoms with Crippen LogP contribution in [0.25, 0.3) is 0 Å². The largest absolute Gasteiger partial charge is 0.460 e. The van der Waals surface area contributed by atoms with Crippen molar-refractivity contribution in [3.63, 3.8) is 0 Å². The van der Waals surface area contributed by atoms with Gasteiger partial charge in [-0.15, -0.1) is 0 Å². The molecule has 3 heteroatoms. The first-order valence-electron chi connectivity index (χ1n) is 6.79. The van der Waals surface area contributed by atoms with Crippen molar-refractivity contribution in [1.29, 1.82) is 0 Å². The fraction of sp³-hybridized carbons (Fsp3) is 0.562. The van der Waals surface area contributed by atoms with E-state index in [1.54, 1.807) is 0 Å². The molecule has 0 saturated carbocycles. The van der Waals surface area contributed by atoms with Crippen LogP contribution in [0.3, 0.4) is 0 Å². The average Bonchev–Trinajstić information content (AvgIpc) is 2.29. The van der Waals surface area contributed by atoms with E-state index in [1.165, 1.54) is 0 Å². The molecule has 0 aromatic heterocycles. The summed E-state index contributed by atoms with van der Waals surface area (Å²) in [5, 5.41) is 0.715. The van der Waals surface area contributed by atoms with Gasteiger partial charge in [0.1, 0.15) is 5.60 Å². The van der Waals surface area contributed by atoms with Crippen molar-refractivity contribution in [2.24, 2.45) is 5.92 Å². The number of halogens is 1. The minimum Gasteiger partial charge on any atom is -0.460 e. The molecule has 1 unspecified atom stereocenters. The van der Waals surface area contributed by atoms with Gasteiger partial charge < -0.3 is 4.74 Å². The van der Waals surface area contributed by atoms with E-state index in [4.69, 9.17) is 16.3 Å². The summed E-state index contributed by atoms with van der Waals surface area (Å²) in [4.78, 5) is 12.2. The van der Waals surface area contributed by atoms with Crippen LogP contribution in [0.2, 0.25) is 5.02 Å². The van der Waals surface area contributed by atoms with Crippen molar-refractivity contribution >= 4 is 17.6 Å². The van der Waals surface area contributed by atoms with Gasteiger partial charge in [0.15, 0.2) is 0 Å². The molecule has 1 aromatic rings. The fourth-order valence-electron chi connectivity index (χ4n) is 1.97. The zero-order chi connectivity index (χ0) is 14.5. The minimum atomic E-state index is -0.441. The lowest BCUT2D eigenvalue weighted by atomic mass is 9.95. The van der Waals surface area contributed by atoms with Gasteiger partial charge in [0, 0.05) is 5.02 Å². The molecular weight excluding hydrogens is 260 g/mol. The number of hydrogen-bond donors (Lipinski definition) is 0. The van der Waals surface area contributed by atoms with E-state index in [0.717, 1.165) is 18.4 Å². The highest BCUT2D eigenvalue weighted by Gasteiger charge is 2.25. The molecule has 0 aliphatic rings. The van der Waals surface area contributed by atoms with Gasteiger partial charge in [0.25, 0.3) is 0 Å². The lowest BCUT2D eigenvalue weighted by molar-refractivity contribution is -0.160. The molecule has 0 heterocycles. The number of benzene rings is 1. The Morgan fingerprint density at radius 1 is 1.32 bits per heavy atom. The van der Waals surface area contributed by atoms with Crippen molar-refractivity contribution in [2.75, 3.05) is 0 Å². The van der Waals surface area contributed by atoms with E-state index in [9.17, 15) is 4.79 Å². The summed E-state index contributed by atoms with van der Waals surface area (Å²) >= 11 is 6.15. The zero-order valence-electron chi connectivity index (χ0n) is 12.2. The molecule has 19 heavy (non-hydrogen) atoms. The Kier molecular flexibility index (Phi) is 5.86. The van der Waals surface area contributed by atoms with Crippen molar-refractivity contribution in [1.82, 2.24) is 0 Å². The molecule has 1 aromatic carbocycles. The maximum Gasteiger partial charge on any atom is 0.309 e. The Hall–Kier alpha value is -1.02. The smallest absolute Gasteiger partial charge is 0.309 e. The van der Waals surface area contributed by atoms with Gasteiger partial charge in [-0.3, -0.25) is 4.79 Å². The van der Waals surface area contributed by atoms with Gasteiger partial charge in [-0.25, -0.2) is 0 Å². The summed E-state index contributed by atoms with van der Waals surface area (Å²) in [6.07, 6.45) is 2.41. The van der Waals surface area contributed by atoms with Gasteiger partial charge in [-0.1, -0.05) is 43.1 Å². The van der Waals surface area contributed by atoms with Crippen LogP contribution in [0.5, 0.6) is 0 Å². The third-order valence-corrected chi connectivity index (χ3v) is 3.17. The van der Waals surface area contributed by atoms with Gasteiger partial charge in [-0.2, -0.15) is 0 Å². The third kappa shape index (κ3) is 5.65. The van der Waals surface area contributed by atoms with Crippen LogP contribution in [0.1, 0.15) is 46.1 Å². The number of rotatable bonds is 5. The quantitative estimate of drug-likeness (QED) is 0.736. The molecule has 0 bridgehead atoms. The van der Waals surface area contributed by atoms with Crippen LogP contribution >= 0.6 is 11.6 Å². The normalized spacial score (nSPS) is 13.1. The van der Waals surface area contributed by atoms with Crippen molar-refractivity contribution in [3.05, 3.63) is 34.9 Å². The van der Waals surface area contributed by atoms with Crippen LogP contribution in [0.4, 0.5) is 0 Å². The van der Waals surface area contributed by atoms with Crippen molar-refractivity contribution in [2.45, 2.75) is 52.6 Å². The highest BCUT2D eigenvalue weighted by atomic mass is 35.5. The van der Waals surface area contributed by atoms with Gasteiger partial charge in [0.2, 0.25) is 0 Å². The van der Waals surface area contributed by atoms with Crippen molar-refractivity contribution in [3.8, 4) is 0 Å². The molecule has 0 spiro atoms. The average molecular weight is 283 g/mol. The molecule has 0 saturated heterocycles. The van der Waals surface area contributed by atoms with E-state index in [2.05, 4.69) is 6.92 Å². The molecule has 106 valence electrons. The molecule has 0 N–H and O–H groups in total. The Balaban J connectivity index is 2.78. The first kappa shape index (κ1) is 16.0. The van der Waals surface area contributed by atoms with Crippen LogP contribution in [-0.4, -0.2) is 11.6 Å². The van der Waals surface area contributed by atoms with Crippen molar-refractivity contribution < 1.29 is 9.53 Å². The number of carbonyl (C=O) groups is 1. The first-order valence-corrected chi connectivity index (χ1v) is 7.17. The van der Waals surface area contributed by atoms with Gasteiger partial charge >= 0.3 is 5.97 Å². The lowest BCUT2D eigenvalue weighted by Crippen LogP contribution is -2.29. The van der Waals surface area contributed by atoms with E-state index in [-0.39, 0.29) is 11.9 Å². The number of hydrogen-bond acceptors (Lipinski definition) is 2. The minimum absolute atomic E-state index is 0.121. The maximum absolute atomic E-state index is 12.2. The Bertz CT molecular complexity index is 421. The molecule has 0 amide bonds. The molecule has 0 fully saturated rings. The molecule has 0 aliphatic heterocycles. The van der Waals surface area contributed by atoms with E-state index < -0.39 is 5.60 Å². The Morgan fingerprint density at radius 3 is 2.47 bits per heavy atom. The monoisotopic (exact) mass is 282 g/mol. The lowest BCUT2D eigenvalue weighted by Gasteiger charge is -2.24. The second-order valence-electron chi connectivity index (χ2n) is 5.81. The summed E-state index contributed by atoms with van der Waals surface area (Å²) in [6.45, 7) is 7.75. The first-order chi connectivity index (χ1) is 8.83. The highest BCUT2D eigenvalue weighted by molar-refractivity contribution is 6.31. The summed E-state index contributed by atoms with van der Waals surface area (Å²) in [7, 11) is 0. The maximum atomic E-state index is 12.2. The van der Waals surface area contributed by atoms with Crippen LogP contribution in [0.15, 0.2) is 24.3 Å². The number of esters is 1.